The topological polar surface area (TPSA) is 69.7 Å². The average Bonchev–Trinajstić information content (AvgIpc) is 2.76. The number of carbonyl (C=O) groups excluding carboxylic acids is 3. The average molecular weight is 318 g/mol. The number of fused-ring (bicyclic) bond motifs is 2. The first-order valence-corrected chi connectivity index (χ1v) is 7.29. The lowest BCUT2D eigenvalue weighted by Crippen LogP contribution is -2.45. The number of carbonyl (C=O) groups is 3. The molecule has 0 aromatic heterocycles. The Morgan fingerprint density at radius 3 is 2.32 bits per heavy atom. The molecule has 0 aliphatic heterocycles. The summed E-state index contributed by atoms with van der Waals surface area (Å²) in [5, 5.41) is 0. The van der Waals surface area contributed by atoms with Crippen molar-refractivity contribution in [1.29, 1.82) is 0 Å². The minimum Gasteiger partial charge on any atom is -0.461 e. The SMILES string of the molecule is CC(F)(F)C(=O)OCCOC(=O)C12CCC(CC1=O)C2(C)C. The van der Waals surface area contributed by atoms with E-state index in [0.717, 1.165) is 6.42 Å². The molecule has 2 aliphatic carbocycles. The van der Waals surface area contributed by atoms with Crippen molar-refractivity contribution in [3.63, 3.8) is 0 Å². The molecule has 0 aromatic carbocycles. The van der Waals surface area contributed by atoms with Gasteiger partial charge in [0.25, 0.3) is 0 Å². The van der Waals surface area contributed by atoms with Gasteiger partial charge in [-0.15, -0.1) is 0 Å². The summed E-state index contributed by atoms with van der Waals surface area (Å²) in [5.41, 5.74) is -1.61. The van der Waals surface area contributed by atoms with Gasteiger partial charge in [0.2, 0.25) is 0 Å². The lowest BCUT2D eigenvalue weighted by atomic mass is 9.69. The fraction of sp³-hybridized carbons (Fsp3) is 0.800. The number of hydrogen-bond acceptors (Lipinski definition) is 5. The molecule has 0 spiro atoms. The molecular formula is C15H20F2O5. The summed E-state index contributed by atoms with van der Waals surface area (Å²) in [5.74, 6) is -5.83. The van der Waals surface area contributed by atoms with Crippen molar-refractivity contribution in [2.24, 2.45) is 16.7 Å². The van der Waals surface area contributed by atoms with Gasteiger partial charge in [0, 0.05) is 13.3 Å². The first kappa shape index (κ1) is 16.8. The van der Waals surface area contributed by atoms with Crippen LogP contribution in [0.5, 0.6) is 0 Å². The zero-order valence-electron chi connectivity index (χ0n) is 12.9. The smallest absolute Gasteiger partial charge is 0.376 e. The van der Waals surface area contributed by atoms with Gasteiger partial charge in [-0.1, -0.05) is 13.8 Å². The Labute approximate surface area is 127 Å². The van der Waals surface area contributed by atoms with Crippen LogP contribution in [0.2, 0.25) is 0 Å². The van der Waals surface area contributed by atoms with Crippen molar-refractivity contribution in [3.8, 4) is 0 Å². The zero-order valence-corrected chi connectivity index (χ0v) is 12.9. The Morgan fingerprint density at radius 2 is 1.86 bits per heavy atom. The fourth-order valence-corrected chi connectivity index (χ4v) is 3.67. The molecule has 2 bridgehead atoms. The van der Waals surface area contributed by atoms with Gasteiger partial charge in [0.15, 0.2) is 5.78 Å². The van der Waals surface area contributed by atoms with Crippen LogP contribution in [0.15, 0.2) is 0 Å². The van der Waals surface area contributed by atoms with Crippen LogP contribution in [0, 0.1) is 16.7 Å². The highest BCUT2D eigenvalue weighted by atomic mass is 19.3. The molecule has 0 N–H and O–H groups in total. The fourth-order valence-electron chi connectivity index (χ4n) is 3.67. The molecule has 2 unspecified atom stereocenters. The molecule has 0 heterocycles. The maximum absolute atomic E-state index is 12.6. The number of Topliss-reactive ketones (excluding diaryl/α,β-unsaturated/α-hetero) is 1. The largest absolute Gasteiger partial charge is 0.461 e. The summed E-state index contributed by atoms with van der Waals surface area (Å²) in [6, 6.07) is 0. The molecule has 7 heteroatoms. The molecule has 2 saturated carbocycles. The molecule has 0 saturated heterocycles. The number of rotatable bonds is 5. The van der Waals surface area contributed by atoms with Gasteiger partial charge in [0.05, 0.1) is 0 Å². The highest BCUT2D eigenvalue weighted by Crippen LogP contribution is 2.64. The first-order chi connectivity index (χ1) is 10.0. The summed E-state index contributed by atoms with van der Waals surface area (Å²) < 4.78 is 34.5. The Kier molecular flexibility index (Phi) is 4.04. The van der Waals surface area contributed by atoms with Gasteiger partial charge in [-0.2, -0.15) is 8.78 Å². The molecule has 0 aromatic rings. The standard InChI is InChI=1S/C15H20F2O5/c1-13(2)9-4-5-15(13,10(18)8-9)12(20)22-7-6-21-11(19)14(3,16)17/h9H,4-8H2,1-3H3. The predicted octanol–water partition coefficient (Wildman–Crippen LogP) is 2.12. The second kappa shape index (κ2) is 5.28. The number of ether oxygens (including phenoxy) is 2. The van der Waals surface area contributed by atoms with Crippen LogP contribution in [0.25, 0.3) is 0 Å². The van der Waals surface area contributed by atoms with Crippen LogP contribution in [-0.4, -0.2) is 36.9 Å². The highest BCUT2D eigenvalue weighted by molar-refractivity contribution is 6.07. The number of ketones is 1. The van der Waals surface area contributed by atoms with Crippen LogP contribution in [0.1, 0.15) is 40.0 Å². The molecule has 22 heavy (non-hydrogen) atoms. The summed E-state index contributed by atoms with van der Waals surface area (Å²) in [6.45, 7) is 3.40. The van der Waals surface area contributed by atoms with Gasteiger partial charge >= 0.3 is 17.9 Å². The Balaban J connectivity index is 1.91. The molecule has 2 rings (SSSR count). The Hall–Kier alpha value is -1.53. The van der Waals surface area contributed by atoms with E-state index in [2.05, 4.69) is 4.74 Å². The second-order valence-corrected chi connectivity index (χ2v) is 6.65. The summed E-state index contributed by atoms with van der Waals surface area (Å²) in [6.07, 6.45) is 1.62. The van der Waals surface area contributed by atoms with Gasteiger partial charge in [-0.25, -0.2) is 4.79 Å². The highest BCUT2D eigenvalue weighted by Gasteiger charge is 2.69. The van der Waals surface area contributed by atoms with E-state index in [4.69, 9.17) is 4.74 Å². The number of alkyl halides is 2. The van der Waals surface area contributed by atoms with E-state index in [-0.39, 0.29) is 18.3 Å². The van der Waals surface area contributed by atoms with E-state index in [1.807, 2.05) is 13.8 Å². The van der Waals surface area contributed by atoms with E-state index in [9.17, 15) is 23.2 Å². The monoisotopic (exact) mass is 318 g/mol. The van der Waals surface area contributed by atoms with Crippen molar-refractivity contribution < 1.29 is 32.6 Å². The van der Waals surface area contributed by atoms with Crippen LogP contribution in [0.4, 0.5) is 8.78 Å². The van der Waals surface area contributed by atoms with Crippen molar-refractivity contribution in [1.82, 2.24) is 0 Å². The number of hydrogen-bond donors (Lipinski definition) is 0. The second-order valence-electron chi connectivity index (χ2n) is 6.65. The van der Waals surface area contributed by atoms with Gasteiger partial charge in [-0.3, -0.25) is 9.59 Å². The van der Waals surface area contributed by atoms with Crippen LogP contribution in [0.3, 0.4) is 0 Å². The van der Waals surface area contributed by atoms with Gasteiger partial charge in [-0.05, 0) is 24.2 Å². The van der Waals surface area contributed by atoms with Crippen molar-refractivity contribution in [2.45, 2.75) is 46.0 Å². The summed E-state index contributed by atoms with van der Waals surface area (Å²) >= 11 is 0. The summed E-state index contributed by atoms with van der Waals surface area (Å²) in [4.78, 5) is 35.4. The van der Waals surface area contributed by atoms with Crippen LogP contribution >= 0.6 is 0 Å². The number of esters is 2. The van der Waals surface area contributed by atoms with Crippen molar-refractivity contribution >= 4 is 17.7 Å². The van der Waals surface area contributed by atoms with E-state index in [1.165, 1.54) is 0 Å². The zero-order chi connectivity index (χ0) is 16.8. The quantitative estimate of drug-likeness (QED) is 0.441. The minimum absolute atomic E-state index is 0.115. The van der Waals surface area contributed by atoms with Crippen molar-refractivity contribution in [3.05, 3.63) is 0 Å². The molecule has 2 aliphatic rings. The maximum atomic E-state index is 12.6. The number of halogens is 2. The normalized spacial score (nSPS) is 29.5. The van der Waals surface area contributed by atoms with E-state index >= 15 is 0 Å². The van der Waals surface area contributed by atoms with Gasteiger partial charge in [0.1, 0.15) is 18.6 Å². The lowest BCUT2D eigenvalue weighted by Gasteiger charge is -2.33. The minimum atomic E-state index is -3.58. The molecule has 5 nitrogen and oxygen atoms in total. The first-order valence-electron chi connectivity index (χ1n) is 7.29. The predicted molar refractivity (Wildman–Crippen MR) is 71.1 cm³/mol. The molecular weight excluding hydrogens is 298 g/mol. The molecule has 0 radical (unpaired) electrons. The third-order valence-electron chi connectivity index (χ3n) is 5.15. The van der Waals surface area contributed by atoms with Gasteiger partial charge < -0.3 is 9.47 Å². The van der Waals surface area contributed by atoms with E-state index in [1.54, 1.807) is 0 Å². The van der Waals surface area contributed by atoms with Crippen LogP contribution in [-0.2, 0) is 23.9 Å². The Bertz CT molecular complexity index is 509. The third-order valence-corrected chi connectivity index (χ3v) is 5.15. The van der Waals surface area contributed by atoms with Crippen molar-refractivity contribution in [2.75, 3.05) is 13.2 Å². The maximum Gasteiger partial charge on any atom is 0.376 e. The summed E-state index contributed by atoms with van der Waals surface area (Å²) in [7, 11) is 0. The molecule has 124 valence electrons. The third kappa shape index (κ3) is 2.40. The van der Waals surface area contributed by atoms with Crippen LogP contribution < -0.4 is 0 Å². The van der Waals surface area contributed by atoms with E-state index < -0.39 is 35.3 Å². The molecule has 2 atom stereocenters. The molecule has 0 amide bonds. The lowest BCUT2D eigenvalue weighted by molar-refractivity contribution is -0.175. The molecule has 2 fully saturated rings. The van der Waals surface area contributed by atoms with E-state index in [0.29, 0.717) is 19.8 Å². The Morgan fingerprint density at radius 1 is 1.27 bits per heavy atom.